The van der Waals surface area contributed by atoms with Crippen molar-refractivity contribution >= 4 is 0 Å². The van der Waals surface area contributed by atoms with Gasteiger partial charge in [0.15, 0.2) is 0 Å². The van der Waals surface area contributed by atoms with Crippen molar-refractivity contribution in [3.63, 3.8) is 0 Å². The van der Waals surface area contributed by atoms with E-state index in [0.717, 1.165) is 6.42 Å². The van der Waals surface area contributed by atoms with Crippen LogP contribution in [0.4, 0.5) is 22.0 Å². The lowest BCUT2D eigenvalue weighted by atomic mass is 9.73. The van der Waals surface area contributed by atoms with Crippen LogP contribution < -0.4 is 0 Å². The van der Waals surface area contributed by atoms with Gasteiger partial charge in [0.05, 0.1) is 0 Å². The van der Waals surface area contributed by atoms with Gasteiger partial charge in [-0.15, -0.1) is 0 Å². The fourth-order valence-corrected chi connectivity index (χ4v) is 4.22. The fraction of sp³-hybridized carbons (Fsp3) is 1.00. The average Bonchev–Trinajstić information content (AvgIpc) is 2.88. The van der Waals surface area contributed by atoms with E-state index in [0.29, 0.717) is 18.3 Å². The molecule has 0 heterocycles. The van der Waals surface area contributed by atoms with Gasteiger partial charge in [-0.2, -0.15) is 22.0 Å². The van der Waals surface area contributed by atoms with Crippen molar-refractivity contribution in [2.24, 2.45) is 29.6 Å². The second-order valence-corrected chi connectivity index (χ2v) is 6.92. The summed E-state index contributed by atoms with van der Waals surface area (Å²) in [4.78, 5) is 0. The Balaban J connectivity index is 2.08. The van der Waals surface area contributed by atoms with E-state index in [1.807, 2.05) is 6.92 Å². The summed E-state index contributed by atoms with van der Waals surface area (Å²) in [6, 6.07) is 0. The molecule has 2 rings (SSSR count). The normalized spacial score (nSPS) is 37.6. The van der Waals surface area contributed by atoms with Gasteiger partial charge in [-0.1, -0.05) is 13.8 Å². The molecule has 0 aromatic carbocycles. The average molecular weight is 332 g/mol. The van der Waals surface area contributed by atoms with Gasteiger partial charge < -0.3 is 15.3 Å². The van der Waals surface area contributed by atoms with Crippen molar-refractivity contribution in [1.29, 1.82) is 0 Å². The molecule has 0 spiro atoms. The summed E-state index contributed by atoms with van der Waals surface area (Å²) < 4.78 is 64.5. The zero-order valence-electron chi connectivity index (χ0n) is 12.3. The lowest BCUT2D eigenvalue weighted by molar-refractivity contribution is -0.429. The number of aliphatic hydroxyl groups is 3. The van der Waals surface area contributed by atoms with E-state index in [4.69, 9.17) is 10.2 Å². The predicted molar refractivity (Wildman–Crippen MR) is 66.8 cm³/mol. The van der Waals surface area contributed by atoms with Crippen LogP contribution in [0, 0.1) is 29.6 Å². The Morgan fingerprint density at radius 2 is 1.55 bits per heavy atom. The molecule has 3 nitrogen and oxygen atoms in total. The molecule has 0 saturated heterocycles. The Morgan fingerprint density at radius 3 is 1.95 bits per heavy atom. The van der Waals surface area contributed by atoms with E-state index in [2.05, 4.69) is 6.92 Å². The van der Waals surface area contributed by atoms with Crippen molar-refractivity contribution in [1.82, 2.24) is 0 Å². The molecule has 2 bridgehead atoms. The topological polar surface area (TPSA) is 60.7 Å². The first-order valence-electron chi connectivity index (χ1n) is 7.38. The second kappa shape index (κ2) is 5.27. The van der Waals surface area contributed by atoms with Crippen molar-refractivity contribution in [3.05, 3.63) is 0 Å². The zero-order valence-corrected chi connectivity index (χ0v) is 12.3. The van der Waals surface area contributed by atoms with E-state index >= 15 is 0 Å². The van der Waals surface area contributed by atoms with Crippen LogP contribution in [0.5, 0.6) is 0 Å². The molecule has 2 fully saturated rings. The van der Waals surface area contributed by atoms with Crippen molar-refractivity contribution in [2.45, 2.75) is 57.1 Å². The molecule has 0 amide bonds. The van der Waals surface area contributed by atoms with Crippen LogP contribution in [-0.4, -0.2) is 39.3 Å². The van der Waals surface area contributed by atoms with Crippen molar-refractivity contribution in [2.75, 3.05) is 0 Å². The molecule has 2 saturated carbocycles. The Morgan fingerprint density at radius 1 is 1.00 bits per heavy atom. The first-order chi connectivity index (χ1) is 9.80. The fourth-order valence-electron chi connectivity index (χ4n) is 4.22. The number of rotatable bonds is 4. The van der Waals surface area contributed by atoms with Crippen LogP contribution in [0.2, 0.25) is 0 Å². The molecule has 6 atom stereocenters. The quantitative estimate of drug-likeness (QED) is 0.548. The van der Waals surface area contributed by atoms with E-state index in [-0.39, 0.29) is 17.8 Å². The van der Waals surface area contributed by atoms with Gasteiger partial charge in [0.25, 0.3) is 0 Å². The van der Waals surface area contributed by atoms with Crippen LogP contribution in [-0.2, 0) is 0 Å². The third-order valence-electron chi connectivity index (χ3n) is 5.84. The molecular formula is C14H21F5O3. The Hall–Kier alpha value is -0.470. The van der Waals surface area contributed by atoms with Gasteiger partial charge in [-0.3, -0.25) is 0 Å². The van der Waals surface area contributed by atoms with Gasteiger partial charge in [0, 0.05) is 0 Å². The van der Waals surface area contributed by atoms with E-state index in [9.17, 15) is 27.1 Å². The summed E-state index contributed by atoms with van der Waals surface area (Å²) in [5.74, 6) is -9.52. The minimum absolute atomic E-state index is 0.0862. The number of hydrogen-bond donors (Lipinski definition) is 3. The standard InChI is InChI=1S/C14H21F5O3/c1-6-7(2)10-4-8(6)3-9(10)5-11(20)12(15,16)13(21,22)14(17,18)19/h6-11,20-22H,3-5H2,1-2H3. The molecule has 6 unspecified atom stereocenters. The SMILES string of the molecule is CC1C2CC(CC(O)C(F)(F)C(O)(O)C(F)(F)F)C(C2)C1C. The van der Waals surface area contributed by atoms with Crippen LogP contribution in [0.15, 0.2) is 0 Å². The molecule has 22 heavy (non-hydrogen) atoms. The predicted octanol–water partition coefficient (Wildman–Crippen LogP) is 2.54. The highest BCUT2D eigenvalue weighted by Crippen LogP contribution is 2.57. The molecule has 3 N–H and O–H groups in total. The number of alkyl halides is 5. The Kier molecular flexibility index (Phi) is 4.29. The van der Waals surface area contributed by atoms with Gasteiger partial charge >= 0.3 is 17.9 Å². The maximum absolute atomic E-state index is 13.7. The molecule has 2 aliphatic rings. The van der Waals surface area contributed by atoms with Crippen LogP contribution in [0.3, 0.4) is 0 Å². The number of hydrogen-bond acceptors (Lipinski definition) is 3. The smallest absolute Gasteiger partial charge is 0.387 e. The van der Waals surface area contributed by atoms with Gasteiger partial charge in [-0.25, -0.2) is 0 Å². The molecule has 130 valence electrons. The monoisotopic (exact) mass is 332 g/mol. The highest BCUT2D eigenvalue weighted by atomic mass is 19.4. The van der Waals surface area contributed by atoms with Gasteiger partial charge in [0.1, 0.15) is 6.10 Å². The lowest BCUT2D eigenvalue weighted by Gasteiger charge is -2.38. The summed E-state index contributed by atoms with van der Waals surface area (Å²) in [5.41, 5.74) is 0. The number of halogens is 5. The van der Waals surface area contributed by atoms with Crippen molar-refractivity contribution < 1.29 is 37.3 Å². The summed E-state index contributed by atoms with van der Waals surface area (Å²) in [6.07, 6.45) is -7.86. The number of aliphatic hydroxyl groups excluding tert-OH is 1. The molecule has 0 radical (unpaired) electrons. The van der Waals surface area contributed by atoms with Gasteiger partial charge in [-0.05, 0) is 48.9 Å². The summed E-state index contributed by atoms with van der Waals surface area (Å²) in [7, 11) is 0. The van der Waals surface area contributed by atoms with Crippen LogP contribution in [0.1, 0.15) is 33.1 Å². The van der Waals surface area contributed by atoms with E-state index < -0.39 is 30.4 Å². The second-order valence-electron chi connectivity index (χ2n) is 6.92. The molecule has 0 aromatic heterocycles. The van der Waals surface area contributed by atoms with Crippen LogP contribution in [0.25, 0.3) is 0 Å². The molecule has 2 aliphatic carbocycles. The summed E-state index contributed by atoms with van der Waals surface area (Å²) >= 11 is 0. The largest absolute Gasteiger partial charge is 0.449 e. The minimum atomic E-state index is -5.95. The van der Waals surface area contributed by atoms with Crippen LogP contribution >= 0.6 is 0 Å². The first kappa shape index (κ1) is 17.9. The molecule has 8 heteroatoms. The molecule has 0 aliphatic heterocycles. The maximum atomic E-state index is 13.7. The summed E-state index contributed by atoms with van der Waals surface area (Å²) in [6.45, 7) is 4.04. The minimum Gasteiger partial charge on any atom is -0.387 e. The highest BCUT2D eigenvalue weighted by Gasteiger charge is 2.71. The lowest BCUT2D eigenvalue weighted by Crippen LogP contribution is -2.63. The van der Waals surface area contributed by atoms with Crippen molar-refractivity contribution in [3.8, 4) is 0 Å². The Labute approximate surface area is 125 Å². The third-order valence-corrected chi connectivity index (χ3v) is 5.84. The van der Waals surface area contributed by atoms with E-state index in [1.54, 1.807) is 0 Å². The third kappa shape index (κ3) is 2.53. The number of fused-ring (bicyclic) bond motifs is 2. The zero-order chi connectivity index (χ0) is 17.1. The van der Waals surface area contributed by atoms with Gasteiger partial charge in [0.2, 0.25) is 0 Å². The highest BCUT2D eigenvalue weighted by molar-refractivity contribution is 5.01. The molecule has 0 aromatic rings. The first-order valence-corrected chi connectivity index (χ1v) is 7.38. The van der Waals surface area contributed by atoms with E-state index in [1.165, 1.54) is 0 Å². The Bertz CT molecular complexity index is 421. The maximum Gasteiger partial charge on any atom is 0.449 e. The summed E-state index contributed by atoms with van der Waals surface area (Å²) in [5, 5.41) is 27.1. The molecular weight excluding hydrogens is 311 g/mol.